The number of hydrogen-bond acceptors (Lipinski definition) is 4. The minimum atomic E-state index is -3.48. The highest BCUT2D eigenvalue weighted by Gasteiger charge is 1.98. The minimum Gasteiger partial charge on any atom is -0.766 e. The highest BCUT2D eigenvalue weighted by atomic mass is 32.8. The first kappa shape index (κ1) is 10.4. The molecule has 72 valence electrons. The van der Waals surface area contributed by atoms with Crippen molar-refractivity contribution in [2.24, 2.45) is 0 Å². The van der Waals surface area contributed by atoms with Gasteiger partial charge in [-0.3, -0.25) is 4.21 Å². The van der Waals surface area contributed by atoms with Crippen LogP contribution in [-0.2, 0) is 20.0 Å². The van der Waals surface area contributed by atoms with Crippen LogP contribution in [0, 0.1) is 0 Å². The van der Waals surface area contributed by atoms with Gasteiger partial charge in [-0.25, -0.2) is 0 Å². The minimum absolute atomic E-state index is 0.174. The largest absolute Gasteiger partial charge is 0.766 e. The topological polar surface area (TPSA) is 43.4 Å². The third-order valence-corrected chi connectivity index (χ3v) is 3.07. The first-order chi connectivity index (χ1) is 5.91. The molecule has 0 amide bonds. The summed E-state index contributed by atoms with van der Waals surface area (Å²) in [7, 11) is 0.292. The third kappa shape index (κ3) is 2.65. The Kier molecular flexibility index (Phi) is 2.90. The van der Waals surface area contributed by atoms with Gasteiger partial charge in [0, 0.05) is 24.7 Å². The van der Waals surface area contributed by atoms with E-state index in [1.54, 1.807) is 12.1 Å². The molecule has 5 heteroatoms. The third-order valence-electron chi connectivity index (χ3n) is 1.64. The van der Waals surface area contributed by atoms with Crippen LogP contribution in [0.4, 0.5) is 5.69 Å². The molecule has 1 rings (SSSR count). The number of nitrogens with zero attached hydrogens (tertiary/aromatic N) is 1. The van der Waals surface area contributed by atoms with Gasteiger partial charge in [0.2, 0.25) is 0 Å². The van der Waals surface area contributed by atoms with Crippen molar-refractivity contribution < 1.29 is 8.76 Å². The van der Waals surface area contributed by atoms with Gasteiger partial charge in [-0.15, -0.1) is 0 Å². The summed E-state index contributed by atoms with van der Waals surface area (Å²) in [4.78, 5) is 2.06. The van der Waals surface area contributed by atoms with Gasteiger partial charge < -0.3 is 9.45 Å². The molecule has 0 heterocycles. The van der Waals surface area contributed by atoms with Crippen molar-refractivity contribution >= 4 is 25.6 Å². The monoisotopic (exact) mass is 216 g/mol. The average molecular weight is 216 g/mol. The number of rotatable bonds is 2. The van der Waals surface area contributed by atoms with Gasteiger partial charge in [0.15, 0.2) is 0 Å². The van der Waals surface area contributed by atoms with E-state index in [1.165, 1.54) is 12.1 Å². The maximum Gasteiger partial charge on any atom is 0.0361 e. The van der Waals surface area contributed by atoms with Crippen molar-refractivity contribution in [3.8, 4) is 0 Å². The van der Waals surface area contributed by atoms with Crippen LogP contribution in [0.2, 0.25) is 0 Å². The molecule has 3 nitrogen and oxygen atoms in total. The predicted octanol–water partition coefficient (Wildman–Crippen LogP) is 0.988. The van der Waals surface area contributed by atoms with Crippen LogP contribution in [0.15, 0.2) is 29.2 Å². The summed E-state index contributed by atoms with van der Waals surface area (Å²) in [6.07, 6.45) is 0. The van der Waals surface area contributed by atoms with E-state index in [2.05, 4.69) is 11.2 Å². The van der Waals surface area contributed by atoms with Gasteiger partial charge in [-0.2, -0.15) is 0 Å². The van der Waals surface area contributed by atoms with Gasteiger partial charge in [-0.05, 0) is 44.2 Å². The fourth-order valence-electron chi connectivity index (χ4n) is 0.911. The number of anilines is 1. The Balaban J connectivity index is 3.08. The zero-order valence-corrected chi connectivity index (χ0v) is 9.02. The predicted molar refractivity (Wildman–Crippen MR) is 55.3 cm³/mol. The van der Waals surface area contributed by atoms with Gasteiger partial charge in [0.05, 0.1) is 0 Å². The quantitative estimate of drug-likeness (QED) is 0.739. The first-order valence-electron chi connectivity index (χ1n) is 3.64. The van der Waals surface area contributed by atoms with Crippen molar-refractivity contribution in [3.63, 3.8) is 0 Å². The molecule has 0 bridgehead atoms. The lowest BCUT2D eigenvalue weighted by Gasteiger charge is -2.15. The summed E-state index contributed by atoms with van der Waals surface area (Å²) in [6.45, 7) is 0. The number of hydrogen-bond donors (Lipinski definition) is 0. The Bertz CT molecular complexity index is 381. The fourth-order valence-corrected chi connectivity index (χ4v) is 1.71. The van der Waals surface area contributed by atoms with Crippen molar-refractivity contribution in [1.29, 1.82) is 0 Å². The van der Waals surface area contributed by atoms with Crippen molar-refractivity contribution in [2.75, 3.05) is 19.0 Å². The van der Waals surface area contributed by atoms with E-state index in [1.807, 2.05) is 19.0 Å². The molecule has 0 fully saturated rings. The Labute approximate surface area is 82.9 Å². The van der Waals surface area contributed by atoms with Crippen LogP contribution >= 0.6 is 0 Å². The normalized spacial score (nSPS) is 15.0. The van der Waals surface area contributed by atoms with Crippen LogP contribution in [0.5, 0.6) is 0 Å². The summed E-state index contributed by atoms with van der Waals surface area (Å²) >= 11 is 4.32. The molecule has 0 aliphatic rings. The Morgan fingerprint density at radius 3 is 2.08 bits per heavy atom. The highest BCUT2D eigenvalue weighted by molar-refractivity contribution is 8.29. The summed E-state index contributed by atoms with van der Waals surface area (Å²) in [6, 6.07) is 6.47. The van der Waals surface area contributed by atoms with E-state index < -0.39 is 8.77 Å². The van der Waals surface area contributed by atoms with Gasteiger partial charge in [0.1, 0.15) is 0 Å². The maximum atomic E-state index is 10.9. The molecule has 1 aromatic carbocycles. The Morgan fingerprint density at radius 2 is 1.77 bits per heavy atom. The SMILES string of the molecule is CN(C)c1ccc(S(=O)([O-])=S)cc1. The number of benzene rings is 1. The molecular weight excluding hydrogens is 206 g/mol. The van der Waals surface area contributed by atoms with E-state index in [4.69, 9.17) is 0 Å². The van der Waals surface area contributed by atoms with Crippen molar-refractivity contribution in [1.82, 2.24) is 0 Å². The molecule has 0 saturated heterocycles. The molecule has 1 aromatic rings. The van der Waals surface area contributed by atoms with Gasteiger partial charge in [0.25, 0.3) is 0 Å². The molecular formula is C8H10NO2S2-. The second kappa shape index (κ2) is 3.61. The van der Waals surface area contributed by atoms with Gasteiger partial charge in [-0.1, -0.05) is 0 Å². The zero-order valence-electron chi connectivity index (χ0n) is 7.39. The second-order valence-electron chi connectivity index (χ2n) is 2.84. The molecule has 1 unspecified atom stereocenters. The molecule has 0 aliphatic heterocycles. The average Bonchev–Trinajstić information content (AvgIpc) is 2.03. The summed E-state index contributed by atoms with van der Waals surface area (Å²) in [5, 5.41) is 0. The smallest absolute Gasteiger partial charge is 0.0361 e. The molecule has 1 atom stereocenters. The van der Waals surface area contributed by atoms with E-state index >= 15 is 0 Å². The molecule has 0 aromatic heterocycles. The lowest BCUT2D eigenvalue weighted by Crippen LogP contribution is -2.08. The van der Waals surface area contributed by atoms with Crippen LogP contribution in [0.1, 0.15) is 0 Å². The van der Waals surface area contributed by atoms with E-state index in [9.17, 15) is 8.76 Å². The highest BCUT2D eigenvalue weighted by Crippen LogP contribution is 2.15. The molecule has 0 aliphatic carbocycles. The molecule has 13 heavy (non-hydrogen) atoms. The van der Waals surface area contributed by atoms with Crippen molar-refractivity contribution in [2.45, 2.75) is 4.90 Å². The Morgan fingerprint density at radius 1 is 1.31 bits per heavy atom. The molecule has 0 radical (unpaired) electrons. The second-order valence-corrected chi connectivity index (χ2v) is 5.54. The summed E-state index contributed by atoms with van der Waals surface area (Å²) in [5.74, 6) is 0. The van der Waals surface area contributed by atoms with Crippen LogP contribution < -0.4 is 4.90 Å². The van der Waals surface area contributed by atoms with E-state index in [0.29, 0.717) is 0 Å². The van der Waals surface area contributed by atoms with Gasteiger partial charge >= 0.3 is 0 Å². The van der Waals surface area contributed by atoms with Crippen LogP contribution in [-0.4, -0.2) is 22.9 Å². The lowest BCUT2D eigenvalue weighted by atomic mass is 10.3. The molecule has 0 spiro atoms. The lowest BCUT2D eigenvalue weighted by molar-refractivity contribution is 0.534. The van der Waals surface area contributed by atoms with Crippen LogP contribution in [0.25, 0.3) is 0 Å². The molecule has 0 N–H and O–H groups in total. The standard InChI is InChI=1S/C8H11NO2S2/c1-9(2)7-3-5-8(6-4-7)13(10,11)12/h3-6H,1-2H3,(H,10,11,12)/p-1. The zero-order chi connectivity index (χ0) is 10.1. The summed E-state index contributed by atoms with van der Waals surface area (Å²) in [5.41, 5.74) is 0.947. The van der Waals surface area contributed by atoms with E-state index in [0.717, 1.165) is 5.69 Å². The van der Waals surface area contributed by atoms with Crippen molar-refractivity contribution in [3.05, 3.63) is 24.3 Å². The maximum absolute atomic E-state index is 10.9. The van der Waals surface area contributed by atoms with Crippen LogP contribution in [0.3, 0.4) is 0 Å². The Hall–Kier alpha value is -0.650. The van der Waals surface area contributed by atoms with E-state index in [-0.39, 0.29) is 4.90 Å². The fraction of sp³-hybridized carbons (Fsp3) is 0.250. The first-order valence-corrected chi connectivity index (χ1v) is 6.05. The summed E-state index contributed by atoms with van der Waals surface area (Å²) < 4.78 is 21.8. The molecule has 0 saturated carbocycles.